The van der Waals surface area contributed by atoms with Gasteiger partial charge in [0.15, 0.2) is 0 Å². The first kappa shape index (κ1) is 11.4. The van der Waals surface area contributed by atoms with Crippen molar-refractivity contribution in [1.82, 2.24) is 19.5 Å². The van der Waals surface area contributed by atoms with Crippen molar-refractivity contribution >= 4 is 11.6 Å². The van der Waals surface area contributed by atoms with Gasteiger partial charge in [0, 0.05) is 25.5 Å². The molecule has 3 N–H and O–H groups in total. The molecule has 0 aliphatic rings. The monoisotopic (exact) mass is 232 g/mol. The van der Waals surface area contributed by atoms with Crippen LogP contribution in [0.2, 0.25) is 0 Å². The first-order valence-corrected chi connectivity index (χ1v) is 5.62. The van der Waals surface area contributed by atoms with E-state index in [1.54, 1.807) is 18.6 Å². The van der Waals surface area contributed by atoms with Gasteiger partial charge in [-0.05, 0) is 12.8 Å². The zero-order valence-electron chi connectivity index (χ0n) is 9.58. The number of nitrogens with two attached hydrogens (primary N) is 1. The number of hydrogen-bond donors (Lipinski definition) is 2. The van der Waals surface area contributed by atoms with Crippen molar-refractivity contribution in [3.05, 3.63) is 31.1 Å². The standard InChI is InChI=1S/C11H16N6/c12-10-7-16-11(8-15-10)14-3-1-2-5-17-6-4-13-9-17/h4,6-9H,1-3,5H2,(H2,12,15)(H,14,16). The molecule has 0 aliphatic heterocycles. The van der Waals surface area contributed by atoms with Gasteiger partial charge in [-0.3, -0.25) is 0 Å². The second-order valence-corrected chi connectivity index (χ2v) is 3.76. The van der Waals surface area contributed by atoms with Crippen molar-refractivity contribution in [2.45, 2.75) is 19.4 Å². The maximum Gasteiger partial charge on any atom is 0.144 e. The van der Waals surface area contributed by atoms with Gasteiger partial charge in [-0.25, -0.2) is 15.0 Å². The molecule has 0 fully saturated rings. The van der Waals surface area contributed by atoms with Crippen molar-refractivity contribution in [3.63, 3.8) is 0 Å². The van der Waals surface area contributed by atoms with E-state index in [1.165, 1.54) is 0 Å². The Morgan fingerprint density at radius 2 is 2.18 bits per heavy atom. The van der Waals surface area contributed by atoms with Gasteiger partial charge >= 0.3 is 0 Å². The quantitative estimate of drug-likeness (QED) is 0.730. The van der Waals surface area contributed by atoms with Crippen LogP contribution in [0.1, 0.15) is 12.8 Å². The third kappa shape index (κ3) is 3.75. The highest BCUT2D eigenvalue weighted by Crippen LogP contribution is 2.02. The second kappa shape index (κ2) is 5.83. The SMILES string of the molecule is Nc1cnc(NCCCCn2ccnc2)cn1. The Kier molecular flexibility index (Phi) is 3.90. The van der Waals surface area contributed by atoms with Crippen molar-refractivity contribution in [2.24, 2.45) is 0 Å². The minimum absolute atomic E-state index is 0.440. The molecule has 17 heavy (non-hydrogen) atoms. The molecule has 0 saturated heterocycles. The molecule has 0 saturated carbocycles. The molecule has 2 aromatic rings. The van der Waals surface area contributed by atoms with Crippen LogP contribution in [0.5, 0.6) is 0 Å². The fourth-order valence-electron chi connectivity index (χ4n) is 1.48. The Morgan fingerprint density at radius 3 is 2.88 bits per heavy atom. The number of nitrogen functional groups attached to an aromatic ring is 1. The molecule has 6 heteroatoms. The Balaban J connectivity index is 1.61. The van der Waals surface area contributed by atoms with Gasteiger partial charge in [0.1, 0.15) is 11.6 Å². The highest BCUT2D eigenvalue weighted by Gasteiger charge is 1.94. The number of nitrogens with one attached hydrogen (secondary N) is 1. The summed E-state index contributed by atoms with van der Waals surface area (Å²) in [5.41, 5.74) is 5.45. The Hall–Kier alpha value is -2.11. The van der Waals surface area contributed by atoms with Gasteiger partial charge < -0.3 is 15.6 Å². The summed E-state index contributed by atoms with van der Waals surface area (Å²) in [6.07, 6.45) is 11.0. The van der Waals surface area contributed by atoms with E-state index in [0.29, 0.717) is 5.82 Å². The van der Waals surface area contributed by atoms with Crippen LogP contribution in [-0.4, -0.2) is 26.1 Å². The van der Waals surface area contributed by atoms with Crippen LogP contribution < -0.4 is 11.1 Å². The smallest absolute Gasteiger partial charge is 0.144 e. The summed E-state index contributed by atoms with van der Waals surface area (Å²) in [5.74, 6) is 1.21. The van der Waals surface area contributed by atoms with Gasteiger partial charge in [-0.1, -0.05) is 0 Å². The molecule has 2 aromatic heterocycles. The largest absolute Gasteiger partial charge is 0.382 e. The summed E-state index contributed by atoms with van der Waals surface area (Å²) < 4.78 is 2.07. The fraction of sp³-hybridized carbons (Fsp3) is 0.364. The van der Waals surface area contributed by atoms with E-state index in [0.717, 1.165) is 31.7 Å². The van der Waals surface area contributed by atoms with Crippen LogP contribution in [0.15, 0.2) is 31.1 Å². The molecule has 2 rings (SSSR count). The number of aromatic nitrogens is 4. The molecule has 0 aromatic carbocycles. The third-order valence-corrected chi connectivity index (χ3v) is 2.38. The Morgan fingerprint density at radius 1 is 1.24 bits per heavy atom. The predicted molar refractivity (Wildman–Crippen MR) is 66.4 cm³/mol. The molecule has 0 spiro atoms. The van der Waals surface area contributed by atoms with E-state index in [9.17, 15) is 0 Å². The van der Waals surface area contributed by atoms with Crippen molar-refractivity contribution in [2.75, 3.05) is 17.6 Å². The molecule has 90 valence electrons. The lowest BCUT2D eigenvalue weighted by molar-refractivity contribution is 0.620. The molecule has 0 radical (unpaired) electrons. The summed E-state index contributed by atoms with van der Waals surface area (Å²) in [4.78, 5) is 12.1. The highest BCUT2D eigenvalue weighted by molar-refractivity contribution is 5.35. The molecule has 6 nitrogen and oxygen atoms in total. The number of anilines is 2. The van der Waals surface area contributed by atoms with Crippen molar-refractivity contribution in [3.8, 4) is 0 Å². The lowest BCUT2D eigenvalue weighted by Crippen LogP contribution is -2.05. The van der Waals surface area contributed by atoms with Crippen LogP contribution >= 0.6 is 0 Å². The van der Waals surface area contributed by atoms with Gasteiger partial charge in [0.2, 0.25) is 0 Å². The summed E-state index contributed by atoms with van der Waals surface area (Å²) in [6.45, 7) is 1.88. The zero-order chi connectivity index (χ0) is 11.9. The maximum absolute atomic E-state index is 5.45. The number of aryl methyl sites for hydroxylation is 1. The van der Waals surface area contributed by atoms with Gasteiger partial charge in [0.05, 0.1) is 18.7 Å². The third-order valence-electron chi connectivity index (χ3n) is 2.38. The molecule has 0 aliphatic carbocycles. The molecular weight excluding hydrogens is 216 g/mol. The summed E-state index contributed by atoms with van der Waals surface area (Å²) >= 11 is 0. The van der Waals surface area contributed by atoms with Crippen LogP contribution in [-0.2, 0) is 6.54 Å². The number of imidazole rings is 1. The Labute approximate surface area is 99.9 Å². The van der Waals surface area contributed by atoms with Crippen LogP contribution in [0.25, 0.3) is 0 Å². The second-order valence-electron chi connectivity index (χ2n) is 3.76. The van der Waals surface area contributed by atoms with Crippen molar-refractivity contribution in [1.29, 1.82) is 0 Å². The Bertz CT molecular complexity index is 422. The maximum atomic E-state index is 5.45. The van der Waals surface area contributed by atoms with Crippen molar-refractivity contribution < 1.29 is 0 Å². The van der Waals surface area contributed by atoms with Crippen LogP contribution in [0, 0.1) is 0 Å². The number of hydrogen-bond acceptors (Lipinski definition) is 5. The van der Waals surface area contributed by atoms with E-state index in [1.807, 2.05) is 12.5 Å². The first-order valence-electron chi connectivity index (χ1n) is 5.62. The van der Waals surface area contributed by atoms with E-state index in [4.69, 9.17) is 5.73 Å². The van der Waals surface area contributed by atoms with Gasteiger partial charge in [-0.15, -0.1) is 0 Å². The highest BCUT2D eigenvalue weighted by atomic mass is 15.0. The van der Waals surface area contributed by atoms with Crippen LogP contribution in [0.3, 0.4) is 0 Å². The van der Waals surface area contributed by atoms with Crippen LogP contribution in [0.4, 0.5) is 11.6 Å². The van der Waals surface area contributed by atoms with E-state index in [2.05, 4.69) is 24.8 Å². The summed E-state index contributed by atoms with van der Waals surface area (Å²) in [7, 11) is 0. The van der Waals surface area contributed by atoms with Gasteiger partial charge in [0.25, 0.3) is 0 Å². The topological polar surface area (TPSA) is 81.6 Å². The first-order chi connectivity index (χ1) is 8.34. The molecule has 0 unspecified atom stereocenters. The number of rotatable bonds is 6. The minimum atomic E-state index is 0.440. The summed E-state index contributed by atoms with van der Waals surface area (Å²) in [5, 5.41) is 3.20. The predicted octanol–water partition coefficient (Wildman–Crippen LogP) is 1.15. The average molecular weight is 232 g/mol. The molecular formula is C11H16N6. The van der Waals surface area contributed by atoms with E-state index >= 15 is 0 Å². The molecule has 0 bridgehead atoms. The number of nitrogens with zero attached hydrogens (tertiary/aromatic N) is 4. The normalized spacial score (nSPS) is 10.4. The lowest BCUT2D eigenvalue weighted by atomic mass is 10.3. The zero-order valence-corrected chi connectivity index (χ0v) is 9.58. The lowest BCUT2D eigenvalue weighted by Gasteiger charge is -2.05. The van der Waals surface area contributed by atoms with E-state index in [-0.39, 0.29) is 0 Å². The summed E-state index contributed by atoms with van der Waals surface area (Å²) in [6, 6.07) is 0. The van der Waals surface area contributed by atoms with Gasteiger partial charge in [-0.2, -0.15) is 0 Å². The number of unbranched alkanes of at least 4 members (excludes halogenated alkanes) is 1. The molecule has 0 atom stereocenters. The average Bonchev–Trinajstić information content (AvgIpc) is 2.84. The molecule has 2 heterocycles. The van der Waals surface area contributed by atoms with E-state index < -0.39 is 0 Å². The minimum Gasteiger partial charge on any atom is -0.382 e. The molecule has 0 amide bonds. The fourth-order valence-corrected chi connectivity index (χ4v) is 1.48.